The van der Waals surface area contributed by atoms with Crippen molar-refractivity contribution in [2.75, 3.05) is 21.3 Å². The van der Waals surface area contributed by atoms with Crippen LogP contribution in [0.2, 0.25) is 0 Å². The minimum absolute atomic E-state index is 0.0527. The molecule has 8 heteroatoms. The Morgan fingerprint density at radius 1 is 0.684 bits per heavy atom. The Bertz CT molecular complexity index is 1430. The number of fused-ring (bicyclic) bond motifs is 3. The maximum absolute atomic E-state index is 13.3. The molecular weight excluding hydrogens is 512 g/mol. The lowest BCUT2D eigenvalue weighted by atomic mass is 10.1. The number of nitrogens with zero attached hydrogens (tertiary/aromatic N) is 4. The van der Waals surface area contributed by atoms with Crippen molar-refractivity contribution in [2.24, 2.45) is 0 Å². The Morgan fingerprint density at radius 2 is 1.08 bits per heavy atom. The minimum Gasteiger partial charge on any atom is -0.308 e. The van der Waals surface area contributed by atoms with Crippen molar-refractivity contribution in [3.63, 3.8) is 0 Å². The first-order chi connectivity index (χ1) is 18.5. The predicted octanol–water partition coefficient (Wildman–Crippen LogP) is 5.77. The lowest BCUT2D eigenvalue weighted by Crippen LogP contribution is -2.37. The van der Waals surface area contributed by atoms with Crippen molar-refractivity contribution in [3.8, 4) is 0 Å². The van der Waals surface area contributed by atoms with Gasteiger partial charge in [-0.1, -0.05) is 72.1 Å². The molecule has 2 aliphatic heterocycles. The second-order valence-corrected chi connectivity index (χ2v) is 11.7. The van der Waals surface area contributed by atoms with Crippen LogP contribution in [0.15, 0.2) is 82.8 Å². The molecule has 6 rings (SSSR count). The van der Waals surface area contributed by atoms with E-state index in [1.807, 2.05) is 70.5 Å². The summed E-state index contributed by atoms with van der Waals surface area (Å²) in [4.78, 5) is 40.2. The van der Waals surface area contributed by atoms with Gasteiger partial charge in [0.25, 0.3) is 0 Å². The van der Waals surface area contributed by atoms with Crippen molar-refractivity contribution >= 4 is 57.7 Å². The first kappa shape index (κ1) is 24.9. The maximum Gasteiger partial charge on any atom is 0.237 e. The number of thioether (sulfide) groups is 2. The van der Waals surface area contributed by atoms with E-state index in [9.17, 15) is 9.59 Å². The fourth-order valence-corrected chi connectivity index (χ4v) is 7.26. The van der Waals surface area contributed by atoms with Crippen LogP contribution in [0.3, 0.4) is 0 Å². The molecule has 2 atom stereocenters. The molecule has 4 aromatic rings. The maximum atomic E-state index is 13.3. The SMILES string of the molecule is C[C@@H]1Cc2ccccc2N1C(=O)CSc1nc2ccccc2nc1SCC(=O)N1c2ccccc2C[C@H]1C. The van der Waals surface area contributed by atoms with Crippen LogP contribution in [0.1, 0.15) is 25.0 Å². The molecule has 0 spiro atoms. The molecule has 6 nitrogen and oxygen atoms in total. The normalized spacial score (nSPS) is 18.1. The third-order valence-electron chi connectivity index (χ3n) is 7.13. The summed E-state index contributed by atoms with van der Waals surface area (Å²) in [5.41, 5.74) is 5.96. The number of hydrogen-bond donors (Lipinski definition) is 0. The van der Waals surface area contributed by atoms with E-state index in [0.717, 1.165) is 35.2 Å². The number of benzene rings is 3. The first-order valence-corrected chi connectivity index (χ1v) is 14.8. The van der Waals surface area contributed by atoms with E-state index in [4.69, 9.17) is 9.97 Å². The Kier molecular flexibility index (Phi) is 6.84. The minimum atomic E-state index is 0.0527. The van der Waals surface area contributed by atoms with Gasteiger partial charge >= 0.3 is 0 Å². The Morgan fingerprint density at radius 3 is 1.53 bits per heavy atom. The number of hydrogen-bond acceptors (Lipinski definition) is 6. The lowest BCUT2D eigenvalue weighted by molar-refractivity contribution is -0.117. The number of rotatable bonds is 6. The Labute approximate surface area is 230 Å². The zero-order valence-electron chi connectivity index (χ0n) is 21.3. The quantitative estimate of drug-likeness (QED) is 0.289. The zero-order valence-corrected chi connectivity index (χ0v) is 23.0. The summed E-state index contributed by atoms with van der Waals surface area (Å²) >= 11 is 2.79. The van der Waals surface area contributed by atoms with Gasteiger partial charge in [0.15, 0.2) is 0 Å². The summed E-state index contributed by atoms with van der Waals surface area (Å²) in [5, 5.41) is 1.37. The largest absolute Gasteiger partial charge is 0.308 e. The highest BCUT2D eigenvalue weighted by molar-refractivity contribution is 8.02. The van der Waals surface area contributed by atoms with E-state index in [-0.39, 0.29) is 35.4 Å². The van der Waals surface area contributed by atoms with Gasteiger partial charge in [-0.05, 0) is 62.1 Å². The van der Waals surface area contributed by atoms with Crippen LogP contribution in [-0.2, 0) is 22.4 Å². The second kappa shape index (κ2) is 10.4. The molecule has 2 amide bonds. The second-order valence-electron chi connectivity index (χ2n) is 9.79. The number of carbonyl (C=O) groups excluding carboxylic acids is 2. The van der Waals surface area contributed by atoms with Gasteiger partial charge in [0.1, 0.15) is 10.1 Å². The van der Waals surface area contributed by atoms with Gasteiger partial charge in [-0.3, -0.25) is 9.59 Å². The molecule has 0 aliphatic carbocycles. The zero-order chi connectivity index (χ0) is 26.2. The topological polar surface area (TPSA) is 66.4 Å². The molecule has 0 radical (unpaired) electrons. The van der Waals surface area contributed by atoms with Crippen LogP contribution in [0, 0.1) is 0 Å². The number of anilines is 2. The number of carbonyl (C=O) groups is 2. The highest BCUT2D eigenvalue weighted by atomic mass is 32.2. The highest BCUT2D eigenvalue weighted by Crippen LogP contribution is 2.36. The van der Waals surface area contributed by atoms with Gasteiger partial charge in [-0.2, -0.15) is 0 Å². The molecule has 38 heavy (non-hydrogen) atoms. The molecule has 0 saturated carbocycles. The molecule has 2 aliphatic rings. The molecule has 0 unspecified atom stereocenters. The van der Waals surface area contributed by atoms with E-state index in [2.05, 4.69) is 26.0 Å². The van der Waals surface area contributed by atoms with E-state index >= 15 is 0 Å². The smallest absolute Gasteiger partial charge is 0.237 e. The predicted molar refractivity (Wildman–Crippen MR) is 155 cm³/mol. The molecule has 192 valence electrons. The van der Waals surface area contributed by atoms with Crippen LogP contribution in [0.4, 0.5) is 11.4 Å². The summed E-state index contributed by atoms with van der Waals surface area (Å²) in [6, 6.07) is 24.2. The van der Waals surface area contributed by atoms with E-state index in [1.165, 1.54) is 34.7 Å². The van der Waals surface area contributed by atoms with E-state index in [0.29, 0.717) is 10.1 Å². The van der Waals surface area contributed by atoms with Gasteiger partial charge < -0.3 is 9.80 Å². The fourth-order valence-electron chi connectivity index (χ4n) is 5.45. The van der Waals surface area contributed by atoms with E-state index in [1.54, 1.807) is 0 Å². The van der Waals surface area contributed by atoms with Crippen molar-refractivity contribution in [3.05, 3.63) is 83.9 Å². The lowest BCUT2D eigenvalue weighted by Gasteiger charge is -2.23. The van der Waals surface area contributed by atoms with Gasteiger partial charge in [0.2, 0.25) is 11.8 Å². The van der Waals surface area contributed by atoms with Crippen molar-refractivity contribution in [2.45, 2.75) is 48.8 Å². The molecule has 0 N–H and O–H groups in total. The van der Waals surface area contributed by atoms with Gasteiger partial charge in [0, 0.05) is 23.5 Å². The van der Waals surface area contributed by atoms with Crippen LogP contribution < -0.4 is 9.80 Å². The van der Waals surface area contributed by atoms with Crippen LogP contribution in [0.25, 0.3) is 11.0 Å². The molecule has 3 aromatic carbocycles. The number of para-hydroxylation sites is 4. The van der Waals surface area contributed by atoms with Gasteiger partial charge in [0.05, 0.1) is 22.5 Å². The van der Waals surface area contributed by atoms with Gasteiger partial charge in [-0.25, -0.2) is 9.97 Å². The molecular formula is C30H28N4O2S2. The summed E-state index contributed by atoms with van der Waals surface area (Å²) < 4.78 is 0. The van der Waals surface area contributed by atoms with E-state index < -0.39 is 0 Å². The third-order valence-corrected chi connectivity index (χ3v) is 9.15. The molecule has 0 saturated heterocycles. The van der Waals surface area contributed by atoms with Gasteiger partial charge in [-0.15, -0.1) is 0 Å². The van der Waals surface area contributed by atoms with Crippen molar-refractivity contribution in [1.82, 2.24) is 9.97 Å². The van der Waals surface area contributed by atoms with Crippen molar-refractivity contribution < 1.29 is 9.59 Å². The van der Waals surface area contributed by atoms with Crippen molar-refractivity contribution in [1.29, 1.82) is 0 Å². The summed E-state index contributed by atoms with van der Waals surface area (Å²) in [5.74, 6) is 0.613. The van der Waals surface area contributed by atoms with Crippen LogP contribution in [0.5, 0.6) is 0 Å². The number of aromatic nitrogens is 2. The highest BCUT2D eigenvalue weighted by Gasteiger charge is 2.32. The monoisotopic (exact) mass is 540 g/mol. The average Bonchev–Trinajstić information content (AvgIpc) is 3.45. The molecule has 0 bridgehead atoms. The average molecular weight is 541 g/mol. The Hall–Kier alpha value is -3.36. The first-order valence-electron chi connectivity index (χ1n) is 12.8. The van der Waals surface area contributed by atoms with Crippen LogP contribution >= 0.6 is 23.5 Å². The summed E-state index contributed by atoms with van der Waals surface area (Å²) in [6.45, 7) is 4.17. The standard InChI is InChI=1S/C30H28N4O2S2/c1-19-15-21-9-3-7-13-25(21)33(19)27(35)17-37-29-30(32-24-12-6-5-11-23(24)31-29)38-18-28(36)34-20(2)16-22-10-4-8-14-26(22)34/h3-14,19-20H,15-18H2,1-2H3/t19-,20-/m1/s1. The summed E-state index contributed by atoms with van der Waals surface area (Å²) in [7, 11) is 0. The number of amides is 2. The Balaban J connectivity index is 1.21. The molecule has 3 heterocycles. The summed E-state index contributed by atoms with van der Waals surface area (Å²) in [6.07, 6.45) is 1.73. The molecule has 1 aromatic heterocycles. The van der Waals surface area contributed by atoms with Crippen LogP contribution in [-0.4, -0.2) is 45.4 Å². The third kappa shape index (κ3) is 4.67. The molecule has 0 fully saturated rings. The fraction of sp³-hybridized carbons (Fsp3) is 0.267.